The Labute approximate surface area is 113 Å². The smallest absolute Gasteiger partial charge is 0.324 e. The van der Waals surface area contributed by atoms with Gasteiger partial charge >= 0.3 is 6.03 Å². The maximum atomic E-state index is 11.8. The van der Waals surface area contributed by atoms with Gasteiger partial charge in [0.1, 0.15) is 0 Å². The second-order valence-electron chi connectivity index (χ2n) is 4.91. The van der Waals surface area contributed by atoms with Crippen molar-refractivity contribution in [3.8, 4) is 0 Å². The zero-order chi connectivity index (χ0) is 13.8. The fraction of sp³-hybridized carbons (Fsp3) is 0.429. The van der Waals surface area contributed by atoms with Gasteiger partial charge in [0, 0.05) is 18.8 Å². The molecular weight excluding hydrogens is 242 g/mol. The predicted octanol–water partition coefficient (Wildman–Crippen LogP) is 1.77. The Balaban J connectivity index is 1.88. The summed E-state index contributed by atoms with van der Waals surface area (Å²) < 4.78 is 0. The molecule has 2 N–H and O–H groups in total. The van der Waals surface area contributed by atoms with Crippen LogP contribution in [0.2, 0.25) is 0 Å². The minimum atomic E-state index is -0.304. The van der Waals surface area contributed by atoms with E-state index in [1.807, 2.05) is 24.3 Å². The quantitative estimate of drug-likeness (QED) is 0.868. The van der Waals surface area contributed by atoms with Gasteiger partial charge in [0.05, 0.1) is 6.54 Å². The molecule has 1 fully saturated rings. The van der Waals surface area contributed by atoms with Crippen LogP contribution >= 0.6 is 0 Å². The summed E-state index contributed by atoms with van der Waals surface area (Å²) >= 11 is 0. The van der Waals surface area contributed by atoms with Crippen molar-refractivity contribution < 1.29 is 9.59 Å². The Kier molecular flexibility index (Phi) is 4.04. The van der Waals surface area contributed by atoms with E-state index in [1.165, 1.54) is 10.5 Å². The average molecular weight is 261 g/mol. The first-order chi connectivity index (χ1) is 9.08. The molecule has 5 heteroatoms. The molecule has 0 aromatic heterocycles. The third kappa shape index (κ3) is 3.24. The summed E-state index contributed by atoms with van der Waals surface area (Å²) in [6.07, 6.45) is 0. The number of benzene rings is 1. The van der Waals surface area contributed by atoms with Crippen LogP contribution in [0.5, 0.6) is 0 Å². The van der Waals surface area contributed by atoms with Gasteiger partial charge in [-0.1, -0.05) is 26.0 Å². The van der Waals surface area contributed by atoms with Gasteiger partial charge in [0.2, 0.25) is 5.91 Å². The number of carbonyl (C=O) groups is 2. The summed E-state index contributed by atoms with van der Waals surface area (Å²) in [6.45, 7) is 5.39. The maximum absolute atomic E-state index is 11.8. The largest absolute Gasteiger partial charge is 0.376 e. The molecule has 5 nitrogen and oxygen atoms in total. The zero-order valence-electron chi connectivity index (χ0n) is 11.3. The lowest BCUT2D eigenvalue weighted by molar-refractivity contribution is -0.125. The van der Waals surface area contributed by atoms with E-state index < -0.39 is 0 Å². The van der Waals surface area contributed by atoms with E-state index in [2.05, 4.69) is 24.5 Å². The molecule has 0 radical (unpaired) electrons. The maximum Gasteiger partial charge on any atom is 0.324 e. The molecule has 0 bridgehead atoms. The minimum absolute atomic E-state index is 0.133. The van der Waals surface area contributed by atoms with Crippen LogP contribution < -0.4 is 10.6 Å². The zero-order valence-corrected chi connectivity index (χ0v) is 11.3. The second kappa shape index (κ2) is 5.73. The topological polar surface area (TPSA) is 61.4 Å². The van der Waals surface area contributed by atoms with Crippen molar-refractivity contribution in [3.63, 3.8) is 0 Å². The number of amides is 3. The van der Waals surface area contributed by atoms with Crippen LogP contribution in [0.25, 0.3) is 0 Å². The SMILES string of the molecule is CC(C)c1ccc(NCC(=O)N2CCNC2=O)cc1. The molecule has 1 aromatic carbocycles. The third-order valence-electron chi connectivity index (χ3n) is 3.18. The van der Waals surface area contributed by atoms with Crippen LogP contribution in [-0.2, 0) is 4.79 Å². The first-order valence-electron chi connectivity index (χ1n) is 6.50. The molecule has 102 valence electrons. The molecule has 1 saturated heterocycles. The molecule has 1 aliphatic heterocycles. The Bertz CT molecular complexity index is 468. The molecule has 2 rings (SSSR count). The number of urea groups is 1. The van der Waals surface area contributed by atoms with Gasteiger partial charge in [-0.3, -0.25) is 9.69 Å². The van der Waals surface area contributed by atoms with Gasteiger partial charge in [-0.15, -0.1) is 0 Å². The van der Waals surface area contributed by atoms with Gasteiger partial charge in [-0.25, -0.2) is 4.79 Å². The van der Waals surface area contributed by atoms with E-state index in [9.17, 15) is 9.59 Å². The summed E-state index contributed by atoms with van der Waals surface area (Å²) in [5, 5.41) is 5.64. The normalized spacial score (nSPS) is 14.7. The predicted molar refractivity (Wildman–Crippen MR) is 74.1 cm³/mol. The molecule has 3 amide bonds. The first kappa shape index (κ1) is 13.4. The Morgan fingerprint density at radius 2 is 2.05 bits per heavy atom. The van der Waals surface area contributed by atoms with Crippen molar-refractivity contribution in [1.82, 2.24) is 10.2 Å². The number of hydrogen-bond donors (Lipinski definition) is 2. The van der Waals surface area contributed by atoms with Gasteiger partial charge < -0.3 is 10.6 Å². The average Bonchev–Trinajstić information content (AvgIpc) is 2.83. The molecule has 0 spiro atoms. The lowest BCUT2D eigenvalue weighted by Gasteiger charge is -2.13. The molecule has 1 aliphatic rings. The van der Waals surface area contributed by atoms with Crippen LogP contribution in [0.1, 0.15) is 25.3 Å². The molecule has 0 aliphatic carbocycles. The van der Waals surface area contributed by atoms with E-state index in [4.69, 9.17) is 0 Å². The fourth-order valence-corrected chi connectivity index (χ4v) is 1.97. The Morgan fingerprint density at radius 1 is 1.37 bits per heavy atom. The summed E-state index contributed by atoms with van der Waals surface area (Å²) in [4.78, 5) is 24.4. The number of anilines is 1. The Morgan fingerprint density at radius 3 is 2.58 bits per heavy atom. The summed E-state index contributed by atoms with van der Waals surface area (Å²) in [5.41, 5.74) is 2.15. The van der Waals surface area contributed by atoms with Gasteiger partial charge in [-0.2, -0.15) is 0 Å². The van der Waals surface area contributed by atoms with Crippen molar-refractivity contribution in [2.45, 2.75) is 19.8 Å². The van der Waals surface area contributed by atoms with Crippen LogP contribution in [0, 0.1) is 0 Å². The number of carbonyl (C=O) groups excluding carboxylic acids is 2. The van der Waals surface area contributed by atoms with Crippen molar-refractivity contribution in [1.29, 1.82) is 0 Å². The van der Waals surface area contributed by atoms with E-state index in [1.54, 1.807) is 0 Å². The van der Waals surface area contributed by atoms with E-state index in [0.717, 1.165) is 5.69 Å². The third-order valence-corrected chi connectivity index (χ3v) is 3.18. The second-order valence-corrected chi connectivity index (χ2v) is 4.91. The highest BCUT2D eigenvalue weighted by Crippen LogP contribution is 2.17. The minimum Gasteiger partial charge on any atom is -0.376 e. The van der Waals surface area contributed by atoms with Crippen LogP contribution in [0.3, 0.4) is 0 Å². The highest BCUT2D eigenvalue weighted by Gasteiger charge is 2.25. The highest BCUT2D eigenvalue weighted by atomic mass is 16.2. The lowest BCUT2D eigenvalue weighted by atomic mass is 10.0. The number of rotatable bonds is 4. The summed E-state index contributed by atoms with van der Waals surface area (Å²) in [7, 11) is 0. The van der Waals surface area contributed by atoms with Crippen molar-refractivity contribution in [3.05, 3.63) is 29.8 Å². The molecule has 0 saturated carbocycles. The van der Waals surface area contributed by atoms with Gasteiger partial charge in [0.15, 0.2) is 0 Å². The summed E-state index contributed by atoms with van der Waals surface area (Å²) in [6, 6.07) is 7.68. The first-order valence-corrected chi connectivity index (χ1v) is 6.50. The molecule has 19 heavy (non-hydrogen) atoms. The van der Waals surface area contributed by atoms with Crippen molar-refractivity contribution in [2.24, 2.45) is 0 Å². The molecule has 0 atom stereocenters. The summed E-state index contributed by atoms with van der Waals surface area (Å²) in [5.74, 6) is 0.284. The van der Waals surface area contributed by atoms with Gasteiger partial charge in [-0.05, 0) is 23.6 Å². The standard InChI is InChI=1S/C14H19N3O2/c1-10(2)11-3-5-12(6-4-11)16-9-13(18)17-8-7-15-14(17)19/h3-6,10,16H,7-9H2,1-2H3,(H,15,19). The number of hydrogen-bond acceptors (Lipinski definition) is 3. The number of imide groups is 1. The van der Waals surface area contributed by atoms with Crippen LogP contribution in [0.4, 0.5) is 10.5 Å². The molecule has 0 unspecified atom stereocenters. The van der Waals surface area contributed by atoms with Crippen molar-refractivity contribution >= 4 is 17.6 Å². The van der Waals surface area contributed by atoms with Crippen LogP contribution in [-0.4, -0.2) is 36.5 Å². The number of nitrogens with one attached hydrogen (secondary N) is 2. The van der Waals surface area contributed by atoms with E-state index in [-0.39, 0.29) is 18.5 Å². The monoisotopic (exact) mass is 261 g/mol. The van der Waals surface area contributed by atoms with Gasteiger partial charge in [0.25, 0.3) is 0 Å². The highest BCUT2D eigenvalue weighted by molar-refractivity contribution is 5.97. The van der Waals surface area contributed by atoms with Crippen molar-refractivity contribution in [2.75, 3.05) is 25.0 Å². The van der Waals surface area contributed by atoms with Crippen LogP contribution in [0.15, 0.2) is 24.3 Å². The molecule has 1 aromatic rings. The lowest BCUT2D eigenvalue weighted by Crippen LogP contribution is -2.37. The number of nitrogens with zero attached hydrogens (tertiary/aromatic N) is 1. The van der Waals surface area contributed by atoms with E-state index >= 15 is 0 Å². The molecule has 1 heterocycles. The van der Waals surface area contributed by atoms with E-state index in [0.29, 0.717) is 19.0 Å². The fourth-order valence-electron chi connectivity index (χ4n) is 1.97. The molecular formula is C14H19N3O2. The Hall–Kier alpha value is -2.04.